The average Bonchev–Trinajstić information content (AvgIpc) is 2.76. The van der Waals surface area contributed by atoms with Crippen molar-refractivity contribution in [3.05, 3.63) is 53.6 Å². The second-order valence-corrected chi connectivity index (χ2v) is 6.91. The van der Waals surface area contributed by atoms with E-state index in [0.717, 1.165) is 18.5 Å². The summed E-state index contributed by atoms with van der Waals surface area (Å²) in [4.78, 5) is 13.7. The molecule has 0 saturated heterocycles. The fourth-order valence-electron chi connectivity index (χ4n) is 2.95. The second-order valence-electron chi connectivity index (χ2n) is 6.91. The van der Waals surface area contributed by atoms with Gasteiger partial charge < -0.3 is 29.0 Å². The number of benzene rings is 2. The van der Waals surface area contributed by atoms with E-state index in [1.54, 1.807) is 45.4 Å². The molecule has 2 aromatic rings. The number of methoxy groups -OCH3 is 2. The Morgan fingerprint density at radius 2 is 1.77 bits per heavy atom. The van der Waals surface area contributed by atoms with E-state index in [4.69, 9.17) is 18.9 Å². The van der Waals surface area contributed by atoms with Gasteiger partial charge in [-0.3, -0.25) is 0 Å². The molecule has 0 bridgehead atoms. The van der Waals surface area contributed by atoms with Gasteiger partial charge in [0.25, 0.3) is 0 Å². The summed E-state index contributed by atoms with van der Waals surface area (Å²) < 4.78 is 21.2. The second kappa shape index (κ2) is 12.0. The van der Waals surface area contributed by atoms with Gasteiger partial charge in [0.2, 0.25) is 0 Å². The molecule has 7 nitrogen and oxygen atoms in total. The van der Waals surface area contributed by atoms with E-state index in [0.29, 0.717) is 36.0 Å². The van der Waals surface area contributed by atoms with Crippen LogP contribution in [0.1, 0.15) is 22.8 Å². The van der Waals surface area contributed by atoms with Gasteiger partial charge in [-0.05, 0) is 62.4 Å². The summed E-state index contributed by atoms with van der Waals surface area (Å²) in [6, 6.07) is 12.5. The molecule has 164 valence electrons. The monoisotopic (exact) mass is 417 g/mol. The number of rotatable bonds is 12. The highest BCUT2D eigenvalue weighted by atomic mass is 16.5. The highest BCUT2D eigenvalue weighted by molar-refractivity contribution is 5.89. The van der Waals surface area contributed by atoms with Crippen molar-refractivity contribution in [1.82, 2.24) is 4.90 Å². The Bertz CT molecular complexity index is 793. The van der Waals surface area contributed by atoms with Crippen LogP contribution < -0.4 is 14.2 Å². The van der Waals surface area contributed by atoms with Crippen molar-refractivity contribution in [1.29, 1.82) is 0 Å². The molecule has 0 aliphatic rings. The van der Waals surface area contributed by atoms with Crippen LogP contribution in [0.3, 0.4) is 0 Å². The van der Waals surface area contributed by atoms with Crippen molar-refractivity contribution >= 4 is 5.97 Å². The topological polar surface area (TPSA) is 77.5 Å². The number of aliphatic hydroxyl groups is 1. The zero-order chi connectivity index (χ0) is 21.9. The molecular formula is C23H31NO6. The van der Waals surface area contributed by atoms with Gasteiger partial charge in [0.15, 0.2) is 11.5 Å². The quantitative estimate of drug-likeness (QED) is 0.532. The summed E-state index contributed by atoms with van der Waals surface area (Å²) in [6.07, 6.45) is 0.185. The number of hydrogen-bond acceptors (Lipinski definition) is 7. The van der Waals surface area contributed by atoms with Crippen LogP contribution in [0.25, 0.3) is 0 Å². The maximum Gasteiger partial charge on any atom is 0.338 e. The Morgan fingerprint density at radius 1 is 1.07 bits per heavy atom. The zero-order valence-electron chi connectivity index (χ0n) is 18.1. The molecule has 0 radical (unpaired) electrons. The SMILES string of the molecule is CCOC(=O)c1ccc(OCC(O)CN(C)CCc2ccc(OC)c(OC)c2)cc1. The number of hydrogen-bond donors (Lipinski definition) is 1. The molecule has 1 unspecified atom stereocenters. The van der Waals surface area contributed by atoms with Gasteiger partial charge in [0.1, 0.15) is 18.5 Å². The lowest BCUT2D eigenvalue weighted by Crippen LogP contribution is -2.34. The number of carbonyl (C=O) groups excluding carboxylic acids is 1. The van der Waals surface area contributed by atoms with E-state index >= 15 is 0 Å². The summed E-state index contributed by atoms with van der Waals surface area (Å²) in [5.74, 6) is 1.65. The first-order valence-corrected chi connectivity index (χ1v) is 9.94. The van der Waals surface area contributed by atoms with Crippen molar-refractivity contribution < 1.29 is 28.8 Å². The molecule has 7 heteroatoms. The van der Waals surface area contributed by atoms with Crippen molar-refractivity contribution in [3.8, 4) is 17.2 Å². The van der Waals surface area contributed by atoms with Crippen LogP contribution in [0.5, 0.6) is 17.2 Å². The number of nitrogens with zero attached hydrogens (tertiary/aromatic N) is 1. The van der Waals surface area contributed by atoms with Gasteiger partial charge in [0, 0.05) is 13.1 Å². The molecule has 0 fully saturated rings. The Kier molecular flexibility index (Phi) is 9.44. The third-order valence-electron chi connectivity index (χ3n) is 4.56. The molecule has 0 aliphatic heterocycles. The molecule has 0 saturated carbocycles. The molecule has 0 amide bonds. The fourth-order valence-corrected chi connectivity index (χ4v) is 2.95. The van der Waals surface area contributed by atoms with Gasteiger partial charge in [-0.2, -0.15) is 0 Å². The molecule has 0 aliphatic carbocycles. The van der Waals surface area contributed by atoms with Crippen LogP contribution in [0.2, 0.25) is 0 Å². The van der Waals surface area contributed by atoms with Crippen LogP contribution in [0.4, 0.5) is 0 Å². The summed E-state index contributed by atoms with van der Waals surface area (Å²) >= 11 is 0. The van der Waals surface area contributed by atoms with Crippen LogP contribution in [-0.2, 0) is 11.2 Å². The lowest BCUT2D eigenvalue weighted by molar-refractivity contribution is 0.0526. The highest BCUT2D eigenvalue weighted by Crippen LogP contribution is 2.27. The van der Waals surface area contributed by atoms with Gasteiger partial charge in [-0.15, -0.1) is 0 Å². The predicted molar refractivity (Wildman–Crippen MR) is 115 cm³/mol. The van der Waals surface area contributed by atoms with E-state index in [1.807, 2.05) is 25.2 Å². The zero-order valence-corrected chi connectivity index (χ0v) is 18.1. The molecule has 0 aromatic heterocycles. The molecule has 2 aromatic carbocycles. The summed E-state index contributed by atoms with van der Waals surface area (Å²) in [5, 5.41) is 10.3. The standard InChI is InChI=1S/C23H31NO6/c1-5-29-23(26)18-7-9-20(10-8-18)30-16-19(25)15-24(2)13-12-17-6-11-21(27-3)22(14-17)28-4/h6-11,14,19,25H,5,12-13,15-16H2,1-4H3. The predicted octanol–water partition coefficient (Wildman–Crippen LogP) is 2.79. The summed E-state index contributed by atoms with van der Waals surface area (Å²) in [5.41, 5.74) is 1.60. The number of carbonyl (C=O) groups is 1. The number of ether oxygens (including phenoxy) is 4. The van der Waals surface area contributed by atoms with E-state index in [1.165, 1.54) is 0 Å². The minimum atomic E-state index is -0.634. The van der Waals surface area contributed by atoms with Crippen molar-refractivity contribution in [2.75, 3.05) is 47.6 Å². The van der Waals surface area contributed by atoms with Gasteiger partial charge in [-0.25, -0.2) is 4.79 Å². The Labute approximate surface area is 178 Å². The minimum Gasteiger partial charge on any atom is -0.493 e. The third-order valence-corrected chi connectivity index (χ3v) is 4.56. The smallest absolute Gasteiger partial charge is 0.338 e. The maximum atomic E-state index is 11.7. The molecule has 2 rings (SSSR count). The molecule has 0 spiro atoms. The van der Waals surface area contributed by atoms with Gasteiger partial charge in [0.05, 0.1) is 26.4 Å². The number of likely N-dealkylation sites (N-methyl/N-ethyl adjacent to an activating group) is 1. The first-order chi connectivity index (χ1) is 14.5. The van der Waals surface area contributed by atoms with Crippen LogP contribution in [0.15, 0.2) is 42.5 Å². The molecule has 1 N–H and O–H groups in total. The minimum absolute atomic E-state index is 0.166. The number of esters is 1. The summed E-state index contributed by atoms with van der Waals surface area (Å²) in [7, 11) is 5.19. The van der Waals surface area contributed by atoms with Crippen LogP contribution >= 0.6 is 0 Å². The van der Waals surface area contributed by atoms with Crippen molar-refractivity contribution in [3.63, 3.8) is 0 Å². The Hall–Kier alpha value is -2.77. The Morgan fingerprint density at radius 3 is 2.40 bits per heavy atom. The van der Waals surface area contributed by atoms with Crippen molar-refractivity contribution in [2.24, 2.45) is 0 Å². The van der Waals surface area contributed by atoms with Crippen LogP contribution in [0, 0.1) is 0 Å². The molecule has 1 atom stereocenters. The van der Waals surface area contributed by atoms with E-state index in [2.05, 4.69) is 4.90 Å². The molecule has 0 heterocycles. The molecular weight excluding hydrogens is 386 g/mol. The maximum absolute atomic E-state index is 11.7. The molecule has 30 heavy (non-hydrogen) atoms. The van der Waals surface area contributed by atoms with Gasteiger partial charge in [-0.1, -0.05) is 6.07 Å². The first kappa shape index (κ1) is 23.5. The van der Waals surface area contributed by atoms with E-state index in [9.17, 15) is 9.90 Å². The third kappa shape index (κ3) is 7.24. The lowest BCUT2D eigenvalue weighted by atomic mass is 10.1. The highest BCUT2D eigenvalue weighted by Gasteiger charge is 2.11. The fraction of sp³-hybridized carbons (Fsp3) is 0.435. The number of aliphatic hydroxyl groups excluding tert-OH is 1. The largest absolute Gasteiger partial charge is 0.493 e. The Balaban J connectivity index is 1.75. The first-order valence-electron chi connectivity index (χ1n) is 9.94. The summed E-state index contributed by atoms with van der Waals surface area (Å²) in [6.45, 7) is 3.53. The van der Waals surface area contributed by atoms with Gasteiger partial charge >= 0.3 is 5.97 Å². The van der Waals surface area contributed by atoms with E-state index < -0.39 is 6.10 Å². The normalized spacial score (nSPS) is 11.8. The lowest BCUT2D eigenvalue weighted by Gasteiger charge is -2.21. The average molecular weight is 418 g/mol. The van der Waals surface area contributed by atoms with Crippen LogP contribution in [-0.4, -0.2) is 69.7 Å². The van der Waals surface area contributed by atoms with E-state index in [-0.39, 0.29) is 12.6 Å². The van der Waals surface area contributed by atoms with Crippen molar-refractivity contribution in [2.45, 2.75) is 19.4 Å².